The topological polar surface area (TPSA) is 125 Å². The Balaban J connectivity index is 3.52. The summed E-state index contributed by atoms with van der Waals surface area (Å²) in [5, 5.41) is 21.2. The molecule has 0 aromatic heterocycles. The first-order valence-corrected chi connectivity index (χ1v) is 3.69. The van der Waals surface area contributed by atoms with Gasteiger partial charge in [-0.3, -0.25) is 4.79 Å². The van der Waals surface area contributed by atoms with Crippen LogP contribution in [-0.4, -0.2) is 48.0 Å². The number of aliphatic hydroxyl groups is 1. The SMILES string of the molecule is N[C@@H](CNC(=O)NCCO)C(=O)O. The number of carboxylic acids is 1. The van der Waals surface area contributed by atoms with Crippen LogP contribution in [0.5, 0.6) is 0 Å². The Morgan fingerprint density at radius 1 is 1.38 bits per heavy atom. The Labute approximate surface area is 74.9 Å². The molecule has 0 spiro atoms. The van der Waals surface area contributed by atoms with Crippen LogP contribution in [0.2, 0.25) is 0 Å². The largest absolute Gasteiger partial charge is 0.480 e. The second-order valence-corrected chi connectivity index (χ2v) is 2.31. The van der Waals surface area contributed by atoms with Crippen molar-refractivity contribution in [3.8, 4) is 0 Å². The number of nitrogens with two attached hydrogens (primary N) is 1. The van der Waals surface area contributed by atoms with Gasteiger partial charge in [0.25, 0.3) is 0 Å². The second-order valence-electron chi connectivity index (χ2n) is 2.31. The highest BCUT2D eigenvalue weighted by Crippen LogP contribution is 1.75. The molecule has 1 atom stereocenters. The summed E-state index contributed by atoms with van der Waals surface area (Å²) in [6.07, 6.45) is 0. The van der Waals surface area contributed by atoms with E-state index in [0.29, 0.717) is 0 Å². The number of urea groups is 1. The van der Waals surface area contributed by atoms with Crippen LogP contribution < -0.4 is 16.4 Å². The van der Waals surface area contributed by atoms with Gasteiger partial charge < -0.3 is 26.6 Å². The molecule has 0 bridgehead atoms. The summed E-state index contributed by atoms with van der Waals surface area (Å²) < 4.78 is 0. The van der Waals surface area contributed by atoms with Crippen molar-refractivity contribution in [1.82, 2.24) is 10.6 Å². The highest BCUT2D eigenvalue weighted by atomic mass is 16.4. The molecule has 7 heteroatoms. The molecule has 0 radical (unpaired) electrons. The van der Waals surface area contributed by atoms with E-state index in [4.69, 9.17) is 15.9 Å². The first kappa shape index (κ1) is 11.7. The number of aliphatic hydroxyl groups excluding tert-OH is 1. The zero-order valence-corrected chi connectivity index (χ0v) is 6.99. The Bertz CT molecular complexity index is 185. The Kier molecular flexibility index (Phi) is 5.57. The van der Waals surface area contributed by atoms with E-state index < -0.39 is 18.0 Å². The third kappa shape index (κ3) is 5.88. The van der Waals surface area contributed by atoms with E-state index in [1.807, 2.05) is 0 Å². The van der Waals surface area contributed by atoms with E-state index in [9.17, 15) is 9.59 Å². The van der Waals surface area contributed by atoms with Crippen LogP contribution in [0.15, 0.2) is 0 Å². The first-order chi connectivity index (χ1) is 6.07. The van der Waals surface area contributed by atoms with Gasteiger partial charge >= 0.3 is 12.0 Å². The molecular formula is C6H13N3O4. The second kappa shape index (κ2) is 6.21. The normalized spacial score (nSPS) is 11.8. The van der Waals surface area contributed by atoms with E-state index >= 15 is 0 Å². The molecule has 7 nitrogen and oxygen atoms in total. The molecule has 0 aliphatic carbocycles. The minimum absolute atomic E-state index is 0.119. The van der Waals surface area contributed by atoms with E-state index in [0.717, 1.165) is 0 Å². The van der Waals surface area contributed by atoms with Crippen LogP contribution in [0.3, 0.4) is 0 Å². The van der Waals surface area contributed by atoms with Crippen molar-refractivity contribution in [3.63, 3.8) is 0 Å². The predicted molar refractivity (Wildman–Crippen MR) is 44.1 cm³/mol. The third-order valence-corrected chi connectivity index (χ3v) is 1.20. The van der Waals surface area contributed by atoms with Gasteiger partial charge in [-0.1, -0.05) is 0 Å². The van der Waals surface area contributed by atoms with Gasteiger partial charge in [-0.2, -0.15) is 0 Å². The zero-order chi connectivity index (χ0) is 10.3. The maximum absolute atomic E-state index is 10.7. The first-order valence-electron chi connectivity index (χ1n) is 3.69. The molecule has 0 saturated heterocycles. The predicted octanol–water partition coefficient (Wildman–Crippen LogP) is -2.31. The molecule has 0 fully saturated rings. The van der Waals surface area contributed by atoms with E-state index in [-0.39, 0.29) is 19.7 Å². The Morgan fingerprint density at radius 3 is 2.46 bits per heavy atom. The summed E-state index contributed by atoms with van der Waals surface area (Å²) in [6.45, 7) is -0.195. The van der Waals surface area contributed by atoms with Gasteiger partial charge in [0, 0.05) is 13.1 Å². The van der Waals surface area contributed by atoms with E-state index in [1.54, 1.807) is 0 Å². The molecule has 6 N–H and O–H groups in total. The zero-order valence-electron chi connectivity index (χ0n) is 6.99. The number of carbonyl (C=O) groups excluding carboxylic acids is 1. The number of nitrogens with one attached hydrogen (secondary N) is 2. The Morgan fingerprint density at radius 2 is 2.00 bits per heavy atom. The van der Waals surface area contributed by atoms with Crippen LogP contribution in [0, 0.1) is 0 Å². The van der Waals surface area contributed by atoms with Gasteiger partial charge in [0.1, 0.15) is 6.04 Å². The fourth-order valence-electron chi connectivity index (χ4n) is 0.522. The summed E-state index contributed by atoms with van der Waals surface area (Å²) in [6, 6.07) is -1.66. The lowest BCUT2D eigenvalue weighted by Gasteiger charge is -2.08. The fourth-order valence-corrected chi connectivity index (χ4v) is 0.522. The summed E-state index contributed by atoms with van der Waals surface area (Å²) in [7, 11) is 0. The molecule has 0 aromatic rings. The van der Waals surface area contributed by atoms with E-state index in [1.165, 1.54) is 0 Å². The molecule has 0 aliphatic rings. The van der Waals surface area contributed by atoms with Crippen LogP contribution in [0.1, 0.15) is 0 Å². The van der Waals surface area contributed by atoms with Crippen molar-refractivity contribution >= 4 is 12.0 Å². The van der Waals surface area contributed by atoms with Gasteiger partial charge in [-0.05, 0) is 0 Å². The third-order valence-electron chi connectivity index (χ3n) is 1.20. The van der Waals surface area contributed by atoms with E-state index in [2.05, 4.69) is 10.6 Å². The summed E-state index contributed by atoms with van der Waals surface area (Å²) in [4.78, 5) is 20.9. The molecule has 0 aliphatic heterocycles. The number of aliphatic carboxylic acids is 1. The summed E-state index contributed by atoms with van der Waals surface area (Å²) >= 11 is 0. The van der Waals surface area contributed by atoms with Crippen molar-refractivity contribution in [2.45, 2.75) is 6.04 Å². The number of hydrogen-bond donors (Lipinski definition) is 5. The highest BCUT2D eigenvalue weighted by molar-refractivity contribution is 5.77. The summed E-state index contributed by atoms with van der Waals surface area (Å²) in [5.41, 5.74) is 5.10. The van der Waals surface area contributed by atoms with Crippen LogP contribution in [0.25, 0.3) is 0 Å². The number of carboxylic acid groups (broad SMARTS) is 1. The molecule has 76 valence electrons. The van der Waals surface area contributed by atoms with Gasteiger partial charge in [-0.25, -0.2) is 4.79 Å². The monoisotopic (exact) mass is 191 g/mol. The lowest BCUT2D eigenvalue weighted by atomic mass is 10.3. The van der Waals surface area contributed by atoms with Crippen LogP contribution >= 0.6 is 0 Å². The Hall–Kier alpha value is -1.34. The van der Waals surface area contributed by atoms with Crippen molar-refractivity contribution in [3.05, 3.63) is 0 Å². The smallest absolute Gasteiger partial charge is 0.322 e. The quantitative estimate of drug-likeness (QED) is 0.334. The number of hydrogen-bond acceptors (Lipinski definition) is 4. The highest BCUT2D eigenvalue weighted by Gasteiger charge is 2.11. The molecule has 2 amide bonds. The van der Waals surface area contributed by atoms with Gasteiger partial charge in [0.05, 0.1) is 6.61 Å². The molecular weight excluding hydrogens is 178 g/mol. The standard InChI is InChI=1S/C6H13N3O4/c7-4(5(11)12)3-9-6(13)8-1-2-10/h4,10H,1-3,7H2,(H,11,12)(H2,8,9,13)/t4-/m0/s1. The van der Waals surface area contributed by atoms with Crippen molar-refractivity contribution in [2.24, 2.45) is 5.73 Å². The molecule has 0 rings (SSSR count). The average molecular weight is 191 g/mol. The maximum atomic E-state index is 10.7. The lowest BCUT2D eigenvalue weighted by Crippen LogP contribution is -2.46. The molecule has 0 aromatic carbocycles. The average Bonchev–Trinajstić information content (AvgIpc) is 2.10. The van der Waals surface area contributed by atoms with Crippen LogP contribution in [0.4, 0.5) is 4.79 Å². The number of carbonyl (C=O) groups is 2. The minimum Gasteiger partial charge on any atom is -0.480 e. The van der Waals surface area contributed by atoms with Gasteiger partial charge in [-0.15, -0.1) is 0 Å². The van der Waals surface area contributed by atoms with Crippen molar-refractivity contribution in [1.29, 1.82) is 0 Å². The van der Waals surface area contributed by atoms with Crippen LogP contribution in [-0.2, 0) is 4.79 Å². The lowest BCUT2D eigenvalue weighted by molar-refractivity contribution is -0.138. The fraction of sp³-hybridized carbons (Fsp3) is 0.667. The minimum atomic E-state index is -1.18. The maximum Gasteiger partial charge on any atom is 0.322 e. The number of rotatable bonds is 5. The molecule has 0 heterocycles. The molecule has 0 unspecified atom stereocenters. The number of amides is 2. The van der Waals surface area contributed by atoms with Crippen molar-refractivity contribution in [2.75, 3.05) is 19.7 Å². The van der Waals surface area contributed by atoms with Gasteiger partial charge in [0.15, 0.2) is 0 Å². The van der Waals surface area contributed by atoms with Gasteiger partial charge in [0.2, 0.25) is 0 Å². The molecule has 13 heavy (non-hydrogen) atoms. The molecule has 0 saturated carbocycles. The van der Waals surface area contributed by atoms with Crippen molar-refractivity contribution < 1.29 is 19.8 Å². The summed E-state index contributed by atoms with van der Waals surface area (Å²) in [5.74, 6) is -1.18.